The lowest BCUT2D eigenvalue weighted by Crippen LogP contribution is -2.13. The SMILES string of the molecule is CCc1nnc(NC(=O)/C(C#N)=C/c2cc(C)c(OCc3ccccc3)c(C)c2)s1. The van der Waals surface area contributed by atoms with E-state index in [0.717, 1.165) is 39.4 Å². The molecule has 7 heteroatoms. The van der Waals surface area contributed by atoms with Crippen molar-refractivity contribution in [1.82, 2.24) is 10.2 Å². The molecule has 0 aliphatic heterocycles. The number of carbonyl (C=O) groups is 1. The number of amides is 1. The monoisotopic (exact) mass is 418 g/mol. The normalized spacial score (nSPS) is 11.1. The van der Waals surface area contributed by atoms with Gasteiger partial charge in [-0.3, -0.25) is 10.1 Å². The van der Waals surface area contributed by atoms with Gasteiger partial charge in [0.1, 0.15) is 29.0 Å². The lowest BCUT2D eigenvalue weighted by Gasteiger charge is -2.13. The van der Waals surface area contributed by atoms with E-state index in [2.05, 4.69) is 15.5 Å². The van der Waals surface area contributed by atoms with E-state index < -0.39 is 5.91 Å². The van der Waals surface area contributed by atoms with Crippen molar-refractivity contribution >= 4 is 28.5 Å². The molecule has 0 saturated carbocycles. The molecular weight excluding hydrogens is 396 g/mol. The van der Waals surface area contributed by atoms with E-state index in [9.17, 15) is 10.1 Å². The highest BCUT2D eigenvalue weighted by Gasteiger charge is 2.14. The van der Waals surface area contributed by atoms with Crippen LogP contribution in [0.15, 0.2) is 48.0 Å². The van der Waals surface area contributed by atoms with Gasteiger partial charge in [-0.25, -0.2) is 0 Å². The zero-order valence-corrected chi connectivity index (χ0v) is 17.9. The van der Waals surface area contributed by atoms with Gasteiger partial charge >= 0.3 is 0 Å². The average molecular weight is 419 g/mol. The van der Waals surface area contributed by atoms with Gasteiger partial charge in [-0.2, -0.15) is 5.26 Å². The number of carbonyl (C=O) groups excluding carboxylic acids is 1. The first-order valence-corrected chi connectivity index (χ1v) is 10.3. The first-order chi connectivity index (χ1) is 14.5. The van der Waals surface area contributed by atoms with Crippen LogP contribution in [0.3, 0.4) is 0 Å². The second-order valence-electron chi connectivity index (χ2n) is 6.74. The smallest absolute Gasteiger partial charge is 0.268 e. The highest BCUT2D eigenvalue weighted by Crippen LogP contribution is 2.27. The van der Waals surface area contributed by atoms with Crippen LogP contribution in [0, 0.1) is 25.2 Å². The third kappa shape index (κ3) is 5.31. The summed E-state index contributed by atoms with van der Waals surface area (Å²) in [5, 5.41) is 21.2. The highest BCUT2D eigenvalue weighted by atomic mass is 32.1. The van der Waals surface area contributed by atoms with Crippen LogP contribution in [0.2, 0.25) is 0 Å². The molecule has 0 radical (unpaired) electrons. The topological polar surface area (TPSA) is 87.9 Å². The quantitative estimate of drug-likeness (QED) is 0.438. The van der Waals surface area contributed by atoms with Crippen LogP contribution in [0.4, 0.5) is 5.13 Å². The maximum atomic E-state index is 12.5. The van der Waals surface area contributed by atoms with Crippen molar-refractivity contribution in [3.8, 4) is 11.8 Å². The Morgan fingerprint density at radius 2 is 1.90 bits per heavy atom. The number of rotatable bonds is 7. The molecule has 1 heterocycles. The summed E-state index contributed by atoms with van der Waals surface area (Å²) >= 11 is 1.30. The van der Waals surface area contributed by atoms with Crippen LogP contribution in [-0.2, 0) is 17.8 Å². The van der Waals surface area contributed by atoms with E-state index in [4.69, 9.17) is 4.74 Å². The summed E-state index contributed by atoms with van der Waals surface area (Å²) in [6.07, 6.45) is 2.31. The summed E-state index contributed by atoms with van der Waals surface area (Å²) in [5.74, 6) is 0.302. The maximum absolute atomic E-state index is 12.5. The Morgan fingerprint density at radius 1 is 1.20 bits per heavy atom. The third-order valence-electron chi connectivity index (χ3n) is 4.37. The molecule has 0 spiro atoms. The largest absolute Gasteiger partial charge is 0.488 e. The maximum Gasteiger partial charge on any atom is 0.268 e. The van der Waals surface area contributed by atoms with Crippen LogP contribution in [0.5, 0.6) is 5.75 Å². The predicted octanol–water partition coefficient (Wildman–Crippen LogP) is 4.84. The molecular formula is C23H22N4O2S. The number of hydrogen-bond donors (Lipinski definition) is 1. The van der Waals surface area contributed by atoms with Crippen molar-refractivity contribution in [3.63, 3.8) is 0 Å². The third-order valence-corrected chi connectivity index (χ3v) is 5.36. The molecule has 152 valence electrons. The molecule has 0 aliphatic carbocycles. The Hall–Kier alpha value is -3.50. The molecule has 1 N–H and O–H groups in total. The summed E-state index contributed by atoms with van der Waals surface area (Å²) in [6, 6.07) is 15.7. The number of anilines is 1. The van der Waals surface area contributed by atoms with E-state index in [1.807, 2.05) is 69.3 Å². The van der Waals surface area contributed by atoms with Crippen LogP contribution < -0.4 is 10.1 Å². The fourth-order valence-electron chi connectivity index (χ4n) is 2.95. The van der Waals surface area contributed by atoms with Gasteiger partial charge in [0, 0.05) is 0 Å². The highest BCUT2D eigenvalue weighted by molar-refractivity contribution is 7.15. The number of benzene rings is 2. The molecule has 2 aromatic carbocycles. The molecule has 1 amide bonds. The predicted molar refractivity (Wildman–Crippen MR) is 118 cm³/mol. The molecule has 0 atom stereocenters. The molecule has 0 bridgehead atoms. The van der Waals surface area contributed by atoms with Crippen LogP contribution in [-0.4, -0.2) is 16.1 Å². The molecule has 1 aromatic heterocycles. The minimum absolute atomic E-state index is 0.00000222. The van der Waals surface area contributed by atoms with Crippen molar-refractivity contribution in [1.29, 1.82) is 5.26 Å². The van der Waals surface area contributed by atoms with Crippen molar-refractivity contribution in [3.05, 3.63) is 75.3 Å². The molecule has 0 unspecified atom stereocenters. The second kappa shape index (κ2) is 9.81. The lowest BCUT2D eigenvalue weighted by molar-refractivity contribution is -0.112. The Morgan fingerprint density at radius 3 is 2.50 bits per heavy atom. The minimum atomic E-state index is -0.504. The van der Waals surface area contributed by atoms with E-state index in [0.29, 0.717) is 11.7 Å². The molecule has 3 aromatic rings. The van der Waals surface area contributed by atoms with Crippen LogP contribution in [0.25, 0.3) is 6.08 Å². The number of nitrogens with zero attached hydrogens (tertiary/aromatic N) is 3. The summed E-state index contributed by atoms with van der Waals surface area (Å²) in [4.78, 5) is 12.5. The summed E-state index contributed by atoms with van der Waals surface area (Å²) in [6.45, 7) is 6.34. The second-order valence-corrected chi connectivity index (χ2v) is 7.80. The molecule has 6 nitrogen and oxygen atoms in total. The summed E-state index contributed by atoms with van der Waals surface area (Å²) < 4.78 is 6.00. The minimum Gasteiger partial charge on any atom is -0.488 e. The van der Waals surface area contributed by atoms with Crippen LogP contribution >= 0.6 is 11.3 Å². The first-order valence-electron chi connectivity index (χ1n) is 9.53. The zero-order chi connectivity index (χ0) is 21.5. The van der Waals surface area contributed by atoms with Crippen molar-refractivity contribution in [2.75, 3.05) is 5.32 Å². The Bertz CT molecular complexity index is 1090. The number of nitriles is 1. The number of hydrogen-bond acceptors (Lipinski definition) is 6. The number of ether oxygens (including phenoxy) is 1. The molecule has 30 heavy (non-hydrogen) atoms. The summed E-state index contributed by atoms with van der Waals surface area (Å²) in [5.41, 5.74) is 3.72. The Labute approximate surface area is 179 Å². The standard InChI is InChI=1S/C23H22N4O2S/c1-4-20-26-27-23(30-20)25-22(28)19(13-24)12-18-10-15(2)21(16(3)11-18)29-14-17-8-6-5-7-9-17/h5-12H,4,14H2,1-3H3,(H,25,27,28)/b19-12+. The fourth-order valence-corrected chi connectivity index (χ4v) is 3.63. The molecule has 0 fully saturated rings. The Balaban J connectivity index is 1.76. The number of nitrogens with one attached hydrogen (secondary N) is 1. The van der Waals surface area contributed by atoms with Crippen molar-refractivity contribution < 1.29 is 9.53 Å². The Kier molecular flexibility index (Phi) is 6.94. The van der Waals surface area contributed by atoms with E-state index in [-0.39, 0.29) is 5.57 Å². The van der Waals surface area contributed by atoms with Gasteiger partial charge in [0.15, 0.2) is 0 Å². The first kappa shape index (κ1) is 21.2. The molecule has 3 rings (SSSR count). The average Bonchev–Trinajstić information content (AvgIpc) is 3.19. The van der Waals surface area contributed by atoms with E-state index in [1.165, 1.54) is 11.3 Å². The van der Waals surface area contributed by atoms with Gasteiger partial charge in [-0.15, -0.1) is 10.2 Å². The fraction of sp³-hybridized carbons (Fsp3) is 0.217. The zero-order valence-electron chi connectivity index (χ0n) is 17.1. The number of aryl methyl sites for hydroxylation is 3. The van der Waals surface area contributed by atoms with Gasteiger partial charge in [0.2, 0.25) is 5.13 Å². The van der Waals surface area contributed by atoms with Gasteiger partial charge < -0.3 is 4.74 Å². The van der Waals surface area contributed by atoms with Crippen LogP contribution in [0.1, 0.15) is 34.2 Å². The van der Waals surface area contributed by atoms with E-state index >= 15 is 0 Å². The number of aromatic nitrogens is 2. The lowest BCUT2D eigenvalue weighted by atomic mass is 10.0. The van der Waals surface area contributed by atoms with Gasteiger partial charge in [-0.1, -0.05) is 48.6 Å². The van der Waals surface area contributed by atoms with Gasteiger partial charge in [0.25, 0.3) is 5.91 Å². The van der Waals surface area contributed by atoms with Crippen molar-refractivity contribution in [2.45, 2.75) is 33.8 Å². The van der Waals surface area contributed by atoms with Gasteiger partial charge in [0.05, 0.1) is 0 Å². The molecule has 0 aliphatic rings. The van der Waals surface area contributed by atoms with E-state index in [1.54, 1.807) is 6.08 Å². The van der Waals surface area contributed by atoms with Crippen molar-refractivity contribution in [2.24, 2.45) is 0 Å². The summed E-state index contributed by atoms with van der Waals surface area (Å²) in [7, 11) is 0. The molecule has 0 saturated heterocycles. The van der Waals surface area contributed by atoms with Gasteiger partial charge in [-0.05, 0) is 60.7 Å².